The number of aryl methyl sites for hydroxylation is 1. The van der Waals surface area contributed by atoms with Crippen LogP contribution in [-0.2, 0) is 31.0 Å². The number of anilines is 1. The maximum atomic E-state index is 14.1. The summed E-state index contributed by atoms with van der Waals surface area (Å²) in [7, 11) is -1.06. The van der Waals surface area contributed by atoms with Crippen molar-refractivity contribution in [1.82, 2.24) is 14.5 Å². The Bertz CT molecular complexity index is 1840. The van der Waals surface area contributed by atoms with Gasteiger partial charge in [0.15, 0.2) is 0 Å². The second kappa shape index (κ2) is 15.4. The summed E-state index contributed by atoms with van der Waals surface area (Å²) in [5, 5.41) is 0.436. The van der Waals surface area contributed by atoms with Crippen molar-refractivity contribution in [2.24, 2.45) is 17.8 Å². The van der Waals surface area contributed by atoms with Gasteiger partial charge in [-0.05, 0) is 117 Å². The molecule has 1 amide bonds. The van der Waals surface area contributed by atoms with Gasteiger partial charge in [-0.1, -0.05) is 36.7 Å². The van der Waals surface area contributed by atoms with Crippen molar-refractivity contribution in [2.45, 2.75) is 81.1 Å². The Labute approximate surface area is 327 Å². The summed E-state index contributed by atoms with van der Waals surface area (Å²) < 4.78 is 36.2. The first-order valence-electron chi connectivity index (χ1n) is 20.2. The molecule has 2 saturated heterocycles. The van der Waals surface area contributed by atoms with Crippen LogP contribution in [0.25, 0.3) is 0 Å². The van der Waals surface area contributed by atoms with Gasteiger partial charge in [0.05, 0.1) is 28.6 Å². The number of hydrogen-bond donors (Lipinski definition) is 1. The van der Waals surface area contributed by atoms with Gasteiger partial charge in [0, 0.05) is 86.8 Å². The summed E-state index contributed by atoms with van der Waals surface area (Å²) in [5.74, 6) is 5.22. The zero-order chi connectivity index (χ0) is 37.7. The van der Waals surface area contributed by atoms with Crippen LogP contribution in [0, 0.1) is 17.8 Å². The highest BCUT2D eigenvalue weighted by Gasteiger charge is 2.50. The number of ether oxygens (including phenoxy) is 3. The molecule has 8 atom stereocenters. The largest absolute Gasteiger partial charge is 0.490 e. The first kappa shape index (κ1) is 38.3. The third-order valence-corrected chi connectivity index (χ3v) is 16.5. The summed E-state index contributed by atoms with van der Waals surface area (Å²) in [6, 6.07) is 12.6. The Kier molecular flexibility index (Phi) is 10.9. The molecule has 4 heterocycles. The quantitative estimate of drug-likeness (QED) is 0.300. The first-order valence-corrected chi connectivity index (χ1v) is 22.4. The number of hydrogen-bond acceptors (Lipinski definition) is 8. The standard InChI is InChI=1S/C43H59ClN4O5S/c1-30-7-5-17-43(51-3,28-46-18-20-47(21-19-46)36-15-22-52-26-36)38-12-9-34(38)25-48-27-42(16-6-8-32-23-35(44)11-13-37(32)42)29-53-40-14-10-33(24-39(40)48)41(49)45-54(4,50)31(30)2/h5,10-11,13-14,17,23-24,30-31,34,36,38H,4,6-9,12,15-16,18-22,25-29H2,1-3H3,(H,45,49,50)/b17-5+/t30-,31+,34-,36-,38+,42-,43+,54?/m0/s1. The highest BCUT2D eigenvalue weighted by atomic mass is 35.5. The molecule has 3 fully saturated rings. The minimum atomic E-state index is -2.96. The van der Waals surface area contributed by atoms with Crippen molar-refractivity contribution in [3.63, 3.8) is 0 Å². The molecule has 294 valence electrons. The summed E-state index contributed by atoms with van der Waals surface area (Å²) in [4.78, 5) is 21.6. The van der Waals surface area contributed by atoms with Crippen LogP contribution in [0.5, 0.6) is 5.75 Å². The maximum Gasteiger partial charge on any atom is 0.262 e. The number of carbonyl (C=O) groups is 1. The van der Waals surface area contributed by atoms with Crippen LogP contribution < -0.4 is 14.4 Å². The van der Waals surface area contributed by atoms with Gasteiger partial charge < -0.3 is 19.1 Å². The van der Waals surface area contributed by atoms with E-state index in [9.17, 15) is 9.00 Å². The minimum absolute atomic E-state index is 0.0313. The van der Waals surface area contributed by atoms with Gasteiger partial charge in [0.25, 0.3) is 5.91 Å². The predicted molar refractivity (Wildman–Crippen MR) is 219 cm³/mol. The van der Waals surface area contributed by atoms with Gasteiger partial charge in [0.1, 0.15) is 11.4 Å². The summed E-state index contributed by atoms with van der Waals surface area (Å²) in [5.41, 5.74) is 3.31. The molecule has 4 aliphatic heterocycles. The predicted octanol–water partition coefficient (Wildman–Crippen LogP) is 5.98. The van der Waals surface area contributed by atoms with Crippen molar-refractivity contribution in [3.05, 3.63) is 70.3 Å². The average Bonchev–Trinajstić information content (AvgIpc) is 3.65. The van der Waals surface area contributed by atoms with Crippen LogP contribution in [0.15, 0.2) is 48.6 Å². The number of amides is 1. The molecule has 9 nitrogen and oxygen atoms in total. The maximum absolute atomic E-state index is 14.1. The Morgan fingerprint density at radius 1 is 1.09 bits per heavy atom. The normalized spacial score (nSPS) is 37.0. The van der Waals surface area contributed by atoms with Gasteiger partial charge in [0.2, 0.25) is 0 Å². The van der Waals surface area contributed by atoms with Crippen molar-refractivity contribution >= 4 is 38.8 Å². The van der Waals surface area contributed by atoms with E-state index in [0.29, 0.717) is 30.0 Å². The highest BCUT2D eigenvalue weighted by Crippen LogP contribution is 2.49. The van der Waals surface area contributed by atoms with Crippen LogP contribution in [-0.4, -0.2) is 115 Å². The number of fused-ring (bicyclic) bond motifs is 4. The smallest absolute Gasteiger partial charge is 0.262 e. The van der Waals surface area contributed by atoms with E-state index in [0.717, 1.165) is 120 Å². The number of piperazine rings is 1. The van der Waals surface area contributed by atoms with E-state index in [2.05, 4.69) is 56.5 Å². The first-order chi connectivity index (χ1) is 26.0. The highest BCUT2D eigenvalue weighted by molar-refractivity contribution is 7.99. The van der Waals surface area contributed by atoms with Gasteiger partial charge in [-0.3, -0.25) is 19.3 Å². The lowest BCUT2D eigenvalue weighted by Crippen LogP contribution is -2.59. The van der Waals surface area contributed by atoms with E-state index < -0.39 is 15.3 Å². The molecule has 8 rings (SSSR count). The second-order valence-electron chi connectivity index (χ2n) is 17.2. The fourth-order valence-electron chi connectivity index (χ4n) is 10.4. The summed E-state index contributed by atoms with van der Waals surface area (Å²) in [6.45, 7) is 12.9. The van der Waals surface area contributed by atoms with Gasteiger partial charge >= 0.3 is 0 Å². The number of methoxy groups -OCH3 is 1. The molecule has 2 aliphatic carbocycles. The number of benzene rings is 2. The van der Waals surface area contributed by atoms with Gasteiger partial charge in [-0.15, -0.1) is 0 Å². The molecule has 2 aromatic carbocycles. The molecule has 2 bridgehead atoms. The van der Waals surface area contributed by atoms with Crippen LogP contribution in [0.1, 0.15) is 73.9 Å². The van der Waals surface area contributed by atoms with Crippen molar-refractivity contribution < 1.29 is 23.2 Å². The van der Waals surface area contributed by atoms with E-state index in [4.69, 9.17) is 25.8 Å². The lowest BCUT2D eigenvalue weighted by atomic mass is 9.63. The average molecular weight is 779 g/mol. The van der Waals surface area contributed by atoms with Gasteiger partial charge in [-0.2, -0.15) is 0 Å². The molecule has 0 radical (unpaired) electrons. The van der Waals surface area contributed by atoms with Crippen LogP contribution >= 0.6 is 11.6 Å². The minimum Gasteiger partial charge on any atom is -0.490 e. The van der Waals surface area contributed by atoms with Crippen molar-refractivity contribution in [1.29, 1.82) is 0 Å². The number of allylic oxidation sites excluding steroid dienone is 1. The summed E-state index contributed by atoms with van der Waals surface area (Å²) >= 11 is 6.53. The van der Waals surface area contributed by atoms with Crippen LogP contribution in [0.4, 0.5) is 5.69 Å². The monoisotopic (exact) mass is 778 g/mol. The molecule has 1 unspecified atom stereocenters. The van der Waals surface area contributed by atoms with Crippen molar-refractivity contribution in [2.75, 3.05) is 77.6 Å². The van der Waals surface area contributed by atoms with E-state index in [1.807, 2.05) is 32.2 Å². The number of carbonyl (C=O) groups excluding carboxylic acids is 1. The fraction of sp³-hybridized carbons (Fsp3) is 0.628. The van der Waals surface area contributed by atoms with Gasteiger partial charge in [-0.25, -0.2) is 4.21 Å². The molecule has 1 saturated carbocycles. The Balaban J connectivity index is 1.16. The molecule has 54 heavy (non-hydrogen) atoms. The lowest BCUT2D eigenvalue weighted by Gasteiger charge is -2.52. The number of nitrogens with zero attached hydrogens (tertiary/aromatic N) is 3. The molecular weight excluding hydrogens is 720 g/mol. The fourth-order valence-corrected chi connectivity index (χ4v) is 12.0. The van der Waals surface area contributed by atoms with Crippen LogP contribution in [0.2, 0.25) is 5.02 Å². The number of nitrogens with one attached hydrogen (secondary N) is 1. The zero-order valence-electron chi connectivity index (χ0n) is 32.4. The zero-order valence-corrected chi connectivity index (χ0v) is 34.0. The van der Waals surface area contributed by atoms with E-state index in [1.165, 1.54) is 11.1 Å². The molecule has 6 aliphatic rings. The topological polar surface area (TPSA) is 83.6 Å². The summed E-state index contributed by atoms with van der Waals surface area (Å²) in [6.07, 6.45) is 11.7. The Morgan fingerprint density at radius 3 is 2.67 bits per heavy atom. The molecule has 11 heteroatoms. The molecule has 2 aromatic rings. The van der Waals surface area contributed by atoms with Crippen LogP contribution in [0.3, 0.4) is 0 Å². The SMILES string of the molecule is C=S1(=O)NC(=O)c2ccc3c(c2)N(C[C@@H]2CC[C@H]2[C@@](CN2CCN([C@H]4CCOC4)CC2)(OC)/C=C/C[C@H](C)[C@H]1C)C[C@@]1(CCCc2cc(Cl)ccc21)CO3. The molecular formula is C43H59ClN4O5S. The Hall–Kier alpha value is -2.60. The second-order valence-corrected chi connectivity index (χ2v) is 20.0. The van der Waals surface area contributed by atoms with E-state index in [1.54, 1.807) is 6.07 Å². The lowest BCUT2D eigenvalue weighted by molar-refractivity contribution is -0.0964. The third kappa shape index (κ3) is 7.36. The number of halogens is 1. The Morgan fingerprint density at radius 2 is 1.93 bits per heavy atom. The van der Waals surface area contributed by atoms with E-state index in [-0.39, 0.29) is 22.5 Å². The van der Waals surface area contributed by atoms with E-state index >= 15 is 0 Å². The number of rotatable bonds is 4. The van der Waals surface area contributed by atoms with Crippen molar-refractivity contribution in [3.8, 4) is 5.75 Å². The third-order valence-electron chi connectivity index (χ3n) is 14.1. The molecule has 1 N–H and O–H groups in total. The molecule has 1 spiro atoms. The molecule has 0 aromatic heterocycles.